The van der Waals surface area contributed by atoms with E-state index < -0.39 is 9.70 Å². The number of ether oxygens (including phenoxy) is 1. The van der Waals surface area contributed by atoms with Crippen LogP contribution in [0.4, 0.5) is 0 Å². The average Bonchev–Trinajstić information content (AvgIpc) is 2.35. The monoisotopic (exact) mass is 285 g/mol. The molecule has 0 unspecified atom stereocenters. The van der Waals surface area contributed by atoms with E-state index in [1.807, 2.05) is 0 Å². The molecule has 7 heteroatoms. The summed E-state index contributed by atoms with van der Waals surface area (Å²) in [6.07, 6.45) is 2.09. The normalized spacial score (nSPS) is 33.4. The minimum atomic E-state index is -2.00. The van der Waals surface area contributed by atoms with Crippen molar-refractivity contribution in [2.24, 2.45) is 5.92 Å². The van der Waals surface area contributed by atoms with Gasteiger partial charge in [-0.2, -0.15) is 0 Å². The quantitative estimate of drug-likeness (QED) is 0.588. The van der Waals surface area contributed by atoms with E-state index in [2.05, 4.69) is 5.32 Å². The van der Waals surface area contributed by atoms with Crippen molar-refractivity contribution in [1.82, 2.24) is 5.32 Å². The summed E-state index contributed by atoms with van der Waals surface area (Å²) < 4.78 is 3.13. The molecule has 90 valence electrons. The van der Waals surface area contributed by atoms with E-state index in [1.54, 1.807) is 0 Å². The van der Waals surface area contributed by atoms with Gasteiger partial charge in [-0.15, -0.1) is 0 Å². The molecule has 2 rings (SSSR count). The summed E-state index contributed by atoms with van der Waals surface area (Å²) >= 11 is 16.3. The van der Waals surface area contributed by atoms with Crippen LogP contribution in [0.25, 0.3) is 0 Å². The molecule has 1 saturated carbocycles. The number of alkyl halides is 3. The highest BCUT2D eigenvalue weighted by molar-refractivity contribution is 6.76. The second-order valence-corrected chi connectivity index (χ2v) is 6.29. The zero-order valence-electron chi connectivity index (χ0n) is 8.21. The fraction of sp³-hybridized carbons (Fsp3) is 0.778. The van der Waals surface area contributed by atoms with Crippen molar-refractivity contribution in [3.8, 4) is 0 Å². The Morgan fingerprint density at radius 3 is 2.62 bits per heavy atom. The maximum Gasteiger partial charge on any atom is 0.311 e. The molecular formula is C9H10Cl3NO3. The maximum absolute atomic E-state index is 11.5. The van der Waals surface area contributed by atoms with Gasteiger partial charge in [-0.1, -0.05) is 34.8 Å². The number of esters is 1. The van der Waals surface area contributed by atoms with Gasteiger partial charge in [0.1, 0.15) is 6.10 Å². The molecule has 1 heterocycles. The van der Waals surface area contributed by atoms with E-state index in [0.717, 1.165) is 12.8 Å². The smallest absolute Gasteiger partial charge is 0.311 e. The molecule has 2 aliphatic rings. The van der Waals surface area contributed by atoms with Crippen LogP contribution in [0.3, 0.4) is 0 Å². The number of carbonyl (C=O) groups excluding carboxylic acids is 2. The summed E-state index contributed by atoms with van der Waals surface area (Å²) in [7, 11) is 0. The Morgan fingerprint density at radius 2 is 2.06 bits per heavy atom. The summed E-state index contributed by atoms with van der Waals surface area (Å²) in [5.41, 5.74) is 0. The van der Waals surface area contributed by atoms with Crippen molar-refractivity contribution in [2.45, 2.75) is 35.2 Å². The Morgan fingerprint density at radius 1 is 1.38 bits per heavy atom. The molecular weight excluding hydrogens is 276 g/mol. The molecule has 0 radical (unpaired) electrons. The van der Waals surface area contributed by atoms with Crippen LogP contribution in [0.5, 0.6) is 0 Å². The van der Waals surface area contributed by atoms with Gasteiger partial charge >= 0.3 is 5.97 Å². The molecule has 0 aromatic rings. The van der Waals surface area contributed by atoms with Crippen LogP contribution in [0.2, 0.25) is 0 Å². The molecule has 1 aliphatic carbocycles. The molecule has 2 fully saturated rings. The fourth-order valence-electron chi connectivity index (χ4n) is 2.22. The molecule has 1 amide bonds. The molecule has 0 aromatic heterocycles. The third-order valence-corrected chi connectivity index (χ3v) is 3.48. The summed E-state index contributed by atoms with van der Waals surface area (Å²) in [5, 5.41) is 2.57. The molecule has 0 aromatic carbocycles. The number of nitrogens with one attached hydrogen (secondary N) is 1. The largest absolute Gasteiger partial charge is 0.460 e. The van der Waals surface area contributed by atoms with Crippen molar-refractivity contribution < 1.29 is 14.3 Å². The lowest BCUT2D eigenvalue weighted by Gasteiger charge is -2.27. The Balaban J connectivity index is 2.06. The lowest BCUT2D eigenvalue weighted by Crippen LogP contribution is -2.50. The molecule has 2 bridgehead atoms. The lowest BCUT2D eigenvalue weighted by molar-refractivity contribution is -0.143. The Hall–Kier alpha value is -0.190. The van der Waals surface area contributed by atoms with E-state index in [1.165, 1.54) is 0 Å². The zero-order valence-corrected chi connectivity index (χ0v) is 10.5. The van der Waals surface area contributed by atoms with Gasteiger partial charge in [0.15, 0.2) is 0 Å². The third kappa shape index (κ3) is 2.24. The summed E-state index contributed by atoms with van der Waals surface area (Å²) in [6, 6.07) is -0.357. The van der Waals surface area contributed by atoms with Crippen LogP contribution in [-0.2, 0) is 14.3 Å². The fourth-order valence-corrected chi connectivity index (χ4v) is 2.38. The molecule has 16 heavy (non-hydrogen) atoms. The van der Waals surface area contributed by atoms with Crippen molar-refractivity contribution in [3.05, 3.63) is 0 Å². The Bertz CT molecular complexity index is 328. The second kappa shape index (κ2) is 4.24. The van der Waals surface area contributed by atoms with E-state index in [9.17, 15) is 9.59 Å². The van der Waals surface area contributed by atoms with Gasteiger partial charge < -0.3 is 10.1 Å². The average molecular weight is 287 g/mol. The van der Waals surface area contributed by atoms with Crippen molar-refractivity contribution in [3.63, 3.8) is 0 Å². The van der Waals surface area contributed by atoms with Gasteiger partial charge in [0.05, 0.1) is 12.0 Å². The number of hydrogen-bond donors (Lipinski definition) is 1. The third-order valence-electron chi connectivity index (χ3n) is 2.96. The molecule has 1 N–H and O–H groups in total. The number of amides is 1. The minimum absolute atomic E-state index is 0.267. The first-order valence-electron chi connectivity index (χ1n) is 4.98. The van der Waals surface area contributed by atoms with Crippen LogP contribution in [-0.4, -0.2) is 27.8 Å². The molecule has 3 atom stereocenters. The highest BCUT2D eigenvalue weighted by Crippen LogP contribution is 2.35. The van der Waals surface area contributed by atoms with E-state index in [4.69, 9.17) is 39.5 Å². The van der Waals surface area contributed by atoms with E-state index in [0.29, 0.717) is 6.42 Å². The van der Waals surface area contributed by atoms with Crippen molar-refractivity contribution in [2.75, 3.05) is 0 Å². The van der Waals surface area contributed by atoms with Gasteiger partial charge in [-0.05, 0) is 19.3 Å². The van der Waals surface area contributed by atoms with Crippen LogP contribution < -0.4 is 5.32 Å². The number of rotatable bonds is 1. The summed E-state index contributed by atoms with van der Waals surface area (Å²) in [4.78, 5) is 22.9. The molecule has 1 saturated heterocycles. The number of hydrogen-bond acceptors (Lipinski definition) is 3. The molecule has 0 spiro atoms. The van der Waals surface area contributed by atoms with E-state index in [-0.39, 0.29) is 24.0 Å². The summed E-state index contributed by atoms with van der Waals surface area (Å²) in [5.74, 6) is -1.27. The Kier molecular flexibility index (Phi) is 3.25. The van der Waals surface area contributed by atoms with Crippen molar-refractivity contribution >= 4 is 46.7 Å². The van der Waals surface area contributed by atoms with E-state index >= 15 is 0 Å². The predicted molar refractivity (Wildman–Crippen MR) is 59.4 cm³/mol. The minimum Gasteiger partial charge on any atom is -0.460 e. The van der Waals surface area contributed by atoms with Gasteiger partial charge in [-0.3, -0.25) is 9.59 Å². The second-order valence-electron chi connectivity index (χ2n) is 4.01. The van der Waals surface area contributed by atoms with Crippen LogP contribution >= 0.6 is 34.8 Å². The van der Waals surface area contributed by atoms with Gasteiger partial charge in [0, 0.05) is 0 Å². The van der Waals surface area contributed by atoms with Crippen LogP contribution in [0.15, 0.2) is 0 Å². The van der Waals surface area contributed by atoms with Crippen LogP contribution in [0, 0.1) is 5.92 Å². The first kappa shape index (κ1) is 12.3. The molecule has 1 aliphatic heterocycles. The SMILES string of the molecule is O=C1O[C@@H]2CCC[C@@H]1[C@H]2NC(=O)C(Cl)(Cl)Cl. The van der Waals surface area contributed by atoms with Crippen molar-refractivity contribution in [1.29, 1.82) is 0 Å². The lowest BCUT2D eigenvalue weighted by atomic mass is 9.85. The van der Waals surface area contributed by atoms with Gasteiger partial charge in [0.25, 0.3) is 9.70 Å². The van der Waals surface area contributed by atoms with Gasteiger partial charge in [-0.25, -0.2) is 0 Å². The standard InChI is InChI=1S/C9H10Cl3NO3/c10-9(11,12)8(15)13-6-4-2-1-3-5(6)16-7(4)14/h4-6H,1-3H2,(H,13,15)/t4-,5-,6-/m1/s1. The molecule has 4 nitrogen and oxygen atoms in total. The van der Waals surface area contributed by atoms with Gasteiger partial charge in [0.2, 0.25) is 0 Å². The Labute approximate surface area is 108 Å². The first-order chi connectivity index (χ1) is 7.39. The highest BCUT2D eigenvalue weighted by atomic mass is 35.6. The zero-order chi connectivity index (χ0) is 11.9. The predicted octanol–water partition coefficient (Wildman–Crippen LogP) is 1.57. The topological polar surface area (TPSA) is 55.4 Å². The number of carbonyl (C=O) groups is 2. The maximum atomic E-state index is 11.5. The summed E-state index contributed by atoms with van der Waals surface area (Å²) in [6.45, 7) is 0. The van der Waals surface area contributed by atoms with Crippen LogP contribution in [0.1, 0.15) is 19.3 Å². The number of halogens is 3. The first-order valence-corrected chi connectivity index (χ1v) is 6.11. The number of fused-ring (bicyclic) bond motifs is 2. The highest BCUT2D eigenvalue weighted by Gasteiger charge is 2.49.